The van der Waals surface area contributed by atoms with Crippen molar-refractivity contribution >= 4 is 48.9 Å². The van der Waals surface area contributed by atoms with Gasteiger partial charge in [0.15, 0.2) is 0 Å². The van der Waals surface area contributed by atoms with E-state index in [1.54, 1.807) is 0 Å². The maximum atomic E-state index is 8.81. The molecule has 4 N–H and O–H groups in total. The topological polar surface area (TPSA) is 89.0 Å². The molecule has 0 saturated carbocycles. The average Bonchev–Trinajstić information content (AvgIpc) is 0.811. The number of hydrogen-bond acceptors (Lipinski definition) is 1. The molecular formula is H6BaO4Ti. The van der Waals surface area contributed by atoms with Crippen LogP contribution in [0.15, 0.2) is 0 Å². The molecule has 0 spiro atoms. The Labute approximate surface area is 85.0 Å². The fraction of sp³-hybridized carbons (Fsp3) is 0. The molecule has 0 unspecified atom stereocenters. The molecule has 0 radical (unpaired) electrons. The predicted octanol–water partition coefficient (Wildman–Crippen LogP) is -2.22. The van der Waals surface area contributed by atoms with Crippen LogP contribution >= 0.6 is 0 Å². The van der Waals surface area contributed by atoms with Crippen molar-refractivity contribution in [3.05, 3.63) is 0 Å². The molecule has 0 fully saturated rings. The van der Waals surface area contributed by atoms with E-state index in [9.17, 15) is 0 Å². The molecule has 0 heterocycles. The van der Waals surface area contributed by atoms with Crippen LogP contribution in [0.2, 0.25) is 0 Å². The van der Waals surface area contributed by atoms with Crippen LogP contribution in [0.5, 0.6) is 0 Å². The minimum atomic E-state index is -3.58. The van der Waals surface area contributed by atoms with Gasteiger partial charge in [0.05, 0.1) is 0 Å². The second-order valence-electron chi connectivity index (χ2n) is 0.283. The van der Waals surface area contributed by atoms with Gasteiger partial charge in [0, 0.05) is 0 Å². The Kier molecular flexibility index (Phi) is 26.3. The molecule has 0 rings (SSSR count). The molecular weight excluding hydrogens is 249 g/mol. The summed E-state index contributed by atoms with van der Waals surface area (Å²) >= 11 is -3.58. The Morgan fingerprint density at radius 2 is 1.50 bits per heavy atom. The number of hydrogen-bond donors (Lipinski definition) is 2. The van der Waals surface area contributed by atoms with E-state index in [-0.39, 0.29) is 57.2 Å². The van der Waals surface area contributed by atoms with Crippen LogP contribution in [0.1, 0.15) is 2.85 Å². The average molecular weight is 255 g/mol. The summed E-state index contributed by atoms with van der Waals surface area (Å²) in [5.41, 5.74) is 0. The third-order valence-electron chi connectivity index (χ3n) is 0. The zero-order valence-corrected chi connectivity index (χ0v) is 9.01. The summed E-state index contributed by atoms with van der Waals surface area (Å²) < 4.78 is 23.2. The predicted molar refractivity (Wildman–Crippen MR) is 16.7 cm³/mol. The molecule has 0 aromatic carbocycles. The first-order valence-electron chi connectivity index (χ1n) is 0.651. The standard InChI is InChI=1S/Ba.3H2O.O.Ti.2H/h;3*1H2;;;;/q+2;;;;;+2;2*-1/p-2. The fourth-order valence-corrected chi connectivity index (χ4v) is 0. The van der Waals surface area contributed by atoms with Crippen LogP contribution < -0.4 is 0 Å². The molecule has 4 nitrogen and oxygen atoms in total. The first kappa shape index (κ1) is 15.7. The molecule has 0 aromatic rings. The van der Waals surface area contributed by atoms with Gasteiger partial charge >= 0.3 is 78.2 Å². The Hall–Kier alpha value is 1.97. The normalized spacial score (nSPS) is 4.33. The quantitative estimate of drug-likeness (QED) is 0.481. The Morgan fingerprint density at radius 3 is 1.50 bits per heavy atom. The van der Waals surface area contributed by atoms with Gasteiger partial charge < -0.3 is 8.33 Å². The zero-order valence-electron chi connectivity index (χ0n) is 5.01. The zero-order chi connectivity index (χ0) is 3.58. The molecule has 6 heavy (non-hydrogen) atoms. The van der Waals surface area contributed by atoms with Gasteiger partial charge in [0.2, 0.25) is 0 Å². The van der Waals surface area contributed by atoms with Crippen molar-refractivity contribution in [3.63, 3.8) is 0 Å². The maximum absolute atomic E-state index is 8.81. The van der Waals surface area contributed by atoms with Crippen LogP contribution in [0.3, 0.4) is 0 Å². The monoisotopic (exact) mass is 256 g/mol. The van der Waals surface area contributed by atoms with Crippen molar-refractivity contribution in [1.82, 2.24) is 0 Å². The molecule has 0 aliphatic rings. The van der Waals surface area contributed by atoms with Gasteiger partial charge in [-0.3, -0.25) is 0 Å². The summed E-state index contributed by atoms with van der Waals surface area (Å²) in [5.74, 6) is 0. The SMILES string of the molecule is O.[Ba+2].[H-].[H-].[O]=[Ti]([OH])[OH]. The van der Waals surface area contributed by atoms with E-state index in [1.807, 2.05) is 0 Å². The Bertz CT molecular complexity index is 37.0. The van der Waals surface area contributed by atoms with Gasteiger partial charge in [0.25, 0.3) is 0 Å². The molecule has 0 amide bonds. The molecule has 6 heteroatoms. The van der Waals surface area contributed by atoms with E-state index in [1.165, 1.54) is 0 Å². The van der Waals surface area contributed by atoms with E-state index in [0.29, 0.717) is 0 Å². The summed E-state index contributed by atoms with van der Waals surface area (Å²) in [6, 6.07) is 0. The summed E-state index contributed by atoms with van der Waals surface area (Å²) in [6.45, 7) is 0. The summed E-state index contributed by atoms with van der Waals surface area (Å²) in [5, 5.41) is 0. The van der Waals surface area contributed by atoms with Crippen molar-refractivity contribution in [1.29, 1.82) is 0 Å². The van der Waals surface area contributed by atoms with E-state index in [2.05, 4.69) is 0 Å². The van der Waals surface area contributed by atoms with Crippen LogP contribution in [0, 0.1) is 0 Å². The second-order valence-corrected chi connectivity index (χ2v) is 1.17. The van der Waals surface area contributed by atoms with Crippen LogP contribution in [-0.2, 0) is 21.9 Å². The van der Waals surface area contributed by atoms with Crippen molar-refractivity contribution in [2.75, 3.05) is 0 Å². The van der Waals surface area contributed by atoms with E-state index < -0.39 is 18.6 Å². The second kappa shape index (κ2) is 10.1. The Morgan fingerprint density at radius 1 is 1.50 bits per heavy atom. The van der Waals surface area contributed by atoms with E-state index in [4.69, 9.17) is 10.7 Å². The van der Waals surface area contributed by atoms with Crippen molar-refractivity contribution in [2.45, 2.75) is 0 Å². The van der Waals surface area contributed by atoms with Crippen LogP contribution in [0.4, 0.5) is 0 Å². The molecule has 0 aromatic heterocycles. The molecule has 36 valence electrons. The minimum absolute atomic E-state index is 0. The van der Waals surface area contributed by atoms with Gasteiger partial charge in [-0.2, -0.15) is 0 Å². The number of rotatable bonds is 0. The van der Waals surface area contributed by atoms with Crippen molar-refractivity contribution in [2.24, 2.45) is 0 Å². The van der Waals surface area contributed by atoms with E-state index in [0.717, 1.165) is 0 Å². The van der Waals surface area contributed by atoms with Crippen molar-refractivity contribution in [3.8, 4) is 0 Å². The molecule has 0 atom stereocenters. The van der Waals surface area contributed by atoms with Gasteiger partial charge in [-0.15, -0.1) is 0 Å². The first-order valence-corrected chi connectivity index (χ1v) is 2.69. The first-order chi connectivity index (χ1) is 1.73. The van der Waals surface area contributed by atoms with Crippen molar-refractivity contribution < 1.29 is 37.6 Å². The van der Waals surface area contributed by atoms with Crippen LogP contribution in [0.25, 0.3) is 0 Å². The van der Waals surface area contributed by atoms with Gasteiger partial charge in [0.1, 0.15) is 0 Å². The van der Waals surface area contributed by atoms with Gasteiger partial charge in [-0.25, -0.2) is 0 Å². The van der Waals surface area contributed by atoms with E-state index >= 15 is 0 Å². The van der Waals surface area contributed by atoms with Crippen LogP contribution in [-0.4, -0.2) is 61.7 Å². The fourth-order valence-electron chi connectivity index (χ4n) is 0. The third kappa shape index (κ3) is 38.1. The third-order valence-corrected chi connectivity index (χ3v) is 0. The van der Waals surface area contributed by atoms with Gasteiger partial charge in [-0.05, 0) is 0 Å². The molecule has 0 bridgehead atoms. The molecule has 0 aliphatic heterocycles. The van der Waals surface area contributed by atoms with Gasteiger partial charge in [-0.1, -0.05) is 0 Å². The molecule has 0 aliphatic carbocycles. The summed E-state index contributed by atoms with van der Waals surface area (Å²) in [4.78, 5) is 0. The Balaban J connectivity index is -0.00000000750. The summed E-state index contributed by atoms with van der Waals surface area (Å²) in [7, 11) is 0. The summed E-state index contributed by atoms with van der Waals surface area (Å²) in [6.07, 6.45) is 0. The molecule has 0 saturated heterocycles.